The highest BCUT2D eigenvalue weighted by Gasteiger charge is 2.15. The largest absolute Gasteiger partial charge is 0.345 e. The molecule has 0 bridgehead atoms. The van der Waals surface area contributed by atoms with Crippen molar-refractivity contribution in [3.05, 3.63) is 59.2 Å². The molecule has 0 radical (unpaired) electrons. The third kappa shape index (κ3) is 4.14. The minimum Gasteiger partial charge on any atom is -0.345 e. The Labute approximate surface area is 144 Å². The second kappa shape index (κ2) is 8.49. The number of aromatic amines is 1. The van der Waals surface area contributed by atoms with E-state index in [-0.39, 0.29) is 0 Å². The summed E-state index contributed by atoms with van der Waals surface area (Å²) in [6, 6.07) is 10.1. The van der Waals surface area contributed by atoms with Gasteiger partial charge in [-0.15, -0.1) is 0 Å². The van der Waals surface area contributed by atoms with E-state index in [0.29, 0.717) is 5.56 Å². The highest BCUT2D eigenvalue weighted by Crippen LogP contribution is 2.32. The average molecular weight is 319 g/mol. The molecule has 124 valence electrons. The Kier molecular flexibility index (Phi) is 5.85. The van der Waals surface area contributed by atoms with Gasteiger partial charge in [-0.3, -0.25) is 0 Å². The molecule has 1 aromatic heterocycles. The molecular formula is C21H25N3. The molecule has 3 rings (SSSR count). The summed E-state index contributed by atoms with van der Waals surface area (Å²) in [6.07, 6.45) is 15.3. The smallest absolute Gasteiger partial charge is 0.137 e. The third-order valence-electron chi connectivity index (χ3n) is 4.85. The Morgan fingerprint density at radius 1 is 0.917 bits per heavy atom. The monoisotopic (exact) mass is 319 g/mol. The molecule has 24 heavy (non-hydrogen) atoms. The molecule has 1 aromatic carbocycles. The van der Waals surface area contributed by atoms with E-state index in [1.807, 2.05) is 24.5 Å². The van der Waals surface area contributed by atoms with Gasteiger partial charge in [0.25, 0.3) is 0 Å². The van der Waals surface area contributed by atoms with Gasteiger partial charge in [-0.1, -0.05) is 49.8 Å². The maximum Gasteiger partial charge on any atom is 0.137 e. The lowest BCUT2D eigenvalue weighted by molar-refractivity contribution is 0.552. The quantitative estimate of drug-likeness (QED) is 0.782. The van der Waals surface area contributed by atoms with Gasteiger partial charge in [0, 0.05) is 18.0 Å². The first-order chi connectivity index (χ1) is 11.9. The molecule has 1 fully saturated rings. The fraction of sp³-hybridized carbons (Fsp3) is 0.429. The van der Waals surface area contributed by atoms with Gasteiger partial charge in [-0.05, 0) is 43.4 Å². The van der Waals surface area contributed by atoms with Gasteiger partial charge in [-0.25, -0.2) is 4.98 Å². The number of hydrogen-bond donors (Lipinski definition) is 1. The van der Waals surface area contributed by atoms with Crippen molar-refractivity contribution in [1.29, 1.82) is 5.26 Å². The van der Waals surface area contributed by atoms with E-state index < -0.39 is 0 Å². The van der Waals surface area contributed by atoms with Crippen LogP contribution < -0.4 is 0 Å². The molecule has 1 aliphatic carbocycles. The summed E-state index contributed by atoms with van der Waals surface area (Å²) < 4.78 is 0. The van der Waals surface area contributed by atoms with Gasteiger partial charge in [0.1, 0.15) is 5.82 Å². The number of aromatic nitrogens is 2. The van der Waals surface area contributed by atoms with E-state index in [0.717, 1.165) is 24.2 Å². The fourth-order valence-electron chi connectivity index (χ4n) is 3.56. The Balaban J connectivity index is 1.99. The first-order valence-corrected chi connectivity index (χ1v) is 9.11. The van der Waals surface area contributed by atoms with Crippen LogP contribution >= 0.6 is 0 Å². The van der Waals surface area contributed by atoms with Crippen LogP contribution in [-0.4, -0.2) is 9.97 Å². The third-order valence-corrected chi connectivity index (χ3v) is 4.85. The standard InChI is InChI=1S/C21H25N3/c22-16-17-10-12-19(13-11-17)20(21-23-14-15-24-21)18-8-6-4-2-1-3-5-7-9-18/h10-15H,1-9H2,(H,23,24). The Morgan fingerprint density at radius 3 is 2.08 bits per heavy atom. The van der Waals surface area contributed by atoms with Gasteiger partial charge in [-0.2, -0.15) is 5.26 Å². The molecule has 0 unspecified atom stereocenters. The number of rotatable bonds is 2. The normalized spacial score (nSPS) is 16.4. The summed E-state index contributed by atoms with van der Waals surface area (Å²) in [5.74, 6) is 0.951. The van der Waals surface area contributed by atoms with E-state index in [1.54, 1.807) is 0 Å². The summed E-state index contributed by atoms with van der Waals surface area (Å²) >= 11 is 0. The number of nitriles is 1. The van der Waals surface area contributed by atoms with E-state index in [1.165, 1.54) is 56.1 Å². The molecule has 0 spiro atoms. The molecule has 1 aliphatic rings. The number of imidazole rings is 1. The van der Waals surface area contributed by atoms with E-state index in [9.17, 15) is 0 Å². The number of nitrogens with zero attached hydrogens (tertiary/aromatic N) is 2. The van der Waals surface area contributed by atoms with Crippen molar-refractivity contribution in [3.63, 3.8) is 0 Å². The number of benzene rings is 1. The lowest BCUT2D eigenvalue weighted by Crippen LogP contribution is -1.99. The van der Waals surface area contributed by atoms with Crippen LogP contribution in [0.25, 0.3) is 5.57 Å². The lowest BCUT2D eigenvalue weighted by atomic mass is 9.90. The molecule has 3 nitrogen and oxygen atoms in total. The Hall–Kier alpha value is -2.34. The van der Waals surface area contributed by atoms with Crippen LogP contribution in [0, 0.1) is 11.3 Å². The summed E-state index contributed by atoms with van der Waals surface area (Å²) in [4.78, 5) is 7.82. The average Bonchev–Trinajstić information content (AvgIpc) is 3.15. The van der Waals surface area contributed by atoms with E-state index in [4.69, 9.17) is 5.26 Å². The first kappa shape index (κ1) is 16.5. The Morgan fingerprint density at radius 2 is 1.54 bits per heavy atom. The van der Waals surface area contributed by atoms with Gasteiger partial charge >= 0.3 is 0 Å². The number of H-pyrrole nitrogens is 1. The summed E-state index contributed by atoms with van der Waals surface area (Å²) in [6.45, 7) is 0. The molecule has 1 N–H and O–H groups in total. The summed E-state index contributed by atoms with van der Waals surface area (Å²) in [5.41, 5.74) is 4.62. The van der Waals surface area contributed by atoms with Crippen molar-refractivity contribution in [2.24, 2.45) is 0 Å². The van der Waals surface area contributed by atoms with Crippen LogP contribution in [0.5, 0.6) is 0 Å². The van der Waals surface area contributed by atoms with E-state index >= 15 is 0 Å². The van der Waals surface area contributed by atoms with E-state index in [2.05, 4.69) is 28.2 Å². The minimum absolute atomic E-state index is 0.702. The maximum atomic E-state index is 9.05. The SMILES string of the molecule is N#Cc1ccc(C(=C2CCCCCCCCC2)c2ncc[nH]2)cc1. The molecule has 0 atom stereocenters. The zero-order valence-corrected chi connectivity index (χ0v) is 14.2. The molecule has 1 heterocycles. The highest BCUT2D eigenvalue weighted by molar-refractivity contribution is 5.79. The van der Waals surface area contributed by atoms with Crippen LogP contribution in [0.4, 0.5) is 0 Å². The van der Waals surface area contributed by atoms with Crippen molar-refractivity contribution in [2.45, 2.75) is 57.8 Å². The molecule has 1 saturated carbocycles. The number of nitrogens with one attached hydrogen (secondary N) is 1. The van der Waals surface area contributed by atoms with Crippen LogP contribution in [0.1, 0.15) is 74.7 Å². The highest BCUT2D eigenvalue weighted by atomic mass is 14.9. The van der Waals surface area contributed by atoms with Crippen LogP contribution in [0.15, 0.2) is 42.2 Å². The first-order valence-electron chi connectivity index (χ1n) is 9.11. The molecule has 0 aliphatic heterocycles. The van der Waals surface area contributed by atoms with Crippen LogP contribution in [0.3, 0.4) is 0 Å². The van der Waals surface area contributed by atoms with Crippen molar-refractivity contribution in [2.75, 3.05) is 0 Å². The minimum atomic E-state index is 0.702. The van der Waals surface area contributed by atoms with Gasteiger partial charge < -0.3 is 4.98 Å². The zero-order valence-electron chi connectivity index (χ0n) is 14.2. The van der Waals surface area contributed by atoms with Crippen molar-refractivity contribution < 1.29 is 0 Å². The predicted molar refractivity (Wildman–Crippen MR) is 97.3 cm³/mol. The predicted octanol–water partition coefficient (Wildman–Crippen LogP) is 5.61. The molecule has 0 amide bonds. The van der Waals surface area contributed by atoms with Crippen molar-refractivity contribution in [3.8, 4) is 6.07 Å². The number of hydrogen-bond acceptors (Lipinski definition) is 2. The second-order valence-corrected chi connectivity index (χ2v) is 6.58. The van der Waals surface area contributed by atoms with Gasteiger partial charge in [0.05, 0.1) is 11.6 Å². The Bertz CT molecular complexity index is 691. The summed E-state index contributed by atoms with van der Waals surface area (Å²) in [7, 11) is 0. The number of allylic oxidation sites excluding steroid dienone is 1. The lowest BCUT2D eigenvalue weighted by Gasteiger charge is -2.16. The van der Waals surface area contributed by atoms with Gasteiger partial charge in [0.2, 0.25) is 0 Å². The molecule has 0 saturated heterocycles. The maximum absolute atomic E-state index is 9.05. The molecule has 2 aromatic rings. The zero-order chi connectivity index (χ0) is 16.6. The second-order valence-electron chi connectivity index (χ2n) is 6.58. The van der Waals surface area contributed by atoms with Crippen LogP contribution in [0.2, 0.25) is 0 Å². The topological polar surface area (TPSA) is 52.5 Å². The summed E-state index contributed by atoms with van der Waals surface area (Å²) in [5, 5.41) is 9.05. The fourth-order valence-corrected chi connectivity index (χ4v) is 3.56. The van der Waals surface area contributed by atoms with Crippen molar-refractivity contribution >= 4 is 5.57 Å². The van der Waals surface area contributed by atoms with Gasteiger partial charge in [0.15, 0.2) is 0 Å². The molecule has 3 heteroatoms. The van der Waals surface area contributed by atoms with Crippen molar-refractivity contribution in [1.82, 2.24) is 9.97 Å². The van der Waals surface area contributed by atoms with Crippen LogP contribution in [-0.2, 0) is 0 Å². The molecular weight excluding hydrogens is 294 g/mol.